The van der Waals surface area contributed by atoms with Gasteiger partial charge in [0.25, 0.3) is 0 Å². The number of esters is 1. The minimum absolute atomic E-state index is 0.00698. The minimum atomic E-state index is -0.222. The normalized spacial score (nSPS) is 17.3. The summed E-state index contributed by atoms with van der Waals surface area (Å²) >= 11 is 0. The van der Waals surface area contributed by atoms with E-state index in [1.807, 2.05) is 12.1 Å². The number of rotatable bonds is 6. The molecular formula is C18H25NO5. The van der Waals surface area contributed by atoms with Crippen molar-refractivity contribution in [2.45, 2.75) is 26.2 Å². The zero-order chi connectivity index (χ0) is 17.5. The molecule has 1 aliphatic rings. The SMILES string of the molecule is CCOC(=O)C1CCCN(C(=O)Cc2ccc(OC)cc2OC)C1. The van der Waals surface area contributed by atoms with Crippen LogP contribution in [0.25, 0.3) is 0 Å². The molecule has 1 aliphatic heterocycles. The van der Waals surface area contributed by atoms with E-state index in [9.17, 15) is 9.59 Å². The smallest absolute Gasteiger partial charge is 0.310 e. The van der Waals surface area contributed by atoms with Crippen molar-refractivity contribution >= 4 is 11.9 Å². The van der Waals surface area contributed by atoms with Crippen LogP contribution in [-0.4, -0.2) is 50.7 Å². The Morgan fingerprint density at radius 2 is 2.04 bits per heavy atom. The lowest BCUT2D eigenvalue weighted by atomic mass is 9.97. The van der Waals surface area contributed by atoms with Gasteiger partial charge in [-0.1, -0.05) is 6.07 Å². The van der Waals surface area contributed by atoms with Crippen molar-refractivity contribution in [3.63, 3.8) is 0 Å². The monoisotopic (exact) mass is 335 g/mol. The molecule has 0 N–H and O–H groups in total. The van der Waals surface area contributed by atoms with Gasteiger partial charge in [-0.3, -0.25) is 9.59 Å². The third kappa shape index (κ3) is 4.40. The van der Waals surface area contributed by atoms with Crippen LogP contribution in [0, 0.1) is 5.92 Å². The Labute approximate surface area is 142 Å². The maximum atomic E-state index is 12.6. The first-order valence-corrected chi connectivity index (χ1v) is 8.24. The molecule has 0 radical (unpaired) electrons. The van der Waals surface area contributed by atoms with Crippen molar-refractivity contribution in [1.29, 1.82) is 0 Å². The van der Waals surface area contributed by atoms with Gasteiger partial charge in [0.1, 0.15) is 11.5 Å². The largest absolute Gasteiger partial charge is 0.497 e. The number of amides is 1. The van der Waals surface area contributed by atoms with Crippen LogP contribution in [0.1, 0.15) is 25.3 Å². The number of carbonyl (C=O) groups is 2. The van der Waals surface area contributed by atoms with E-state index in [4.69, 9.17) is 14.2 Å². The van der Waals surface area contributed by atoms with Crippen LogP contribution in [0.3, 0.4) is 0 Å². The van der Waals surface area contributed by atoms with Gasteiger partial charge < -0.3 is 19.1 Å². The molecular weight excluding hydrogens is 310 g/mol. The average Bonchev–Trinajstić information content (AvgIpc) is 2.62. The van der Waals surface area contributed by atoms with Gasteiger partial charge in [0, 0.05) is 24.7 Å². The number of hydrogen-bond acceptors (Lipinski definition) is 5. The lowest BCUT2D eigenvalue weighted by molar-refractivity contribution is -0.151. The number of piperidine rings is 1. The maximum absolute atomic E-state index is 12.6. The second-order valence-electron chi connectivity index (χ2n) is 5.79. The topological polar surface area (TPSA) is 65.1 Å². The van der Waals surface area contributed by atoms with E-state index in [1.54, 1.807) is 32.1 Å². The Kier molecular flexibility index (Phi) is 6.46. The van der Waals surface area contributed by atoms with Crippen molar-refractivity contribution < 1.29 is 23.8 Å². The molecule has 1 saturated heterocycles. The summed E-state index contributed by atoms with van der Waals surface area (Å²) < 4.78 is 15.6. The summed E-state index contributed by atoms with van der Waals surface area (Å²) in [5, 5.41) is 0. The van der Waals surface area contributed by atoms with Gasteiger partial charge in [0.15, 0.2) is 0 Å². The van der Waals surface area contributed by atoms with Crippen molar-refractivity contribution in [1.82, 2.24) is 4.90 Å². The summed E-state index contributed by atoms with van der Waals surface area (Å²) in [5.74, 6) is 0.870. The molecule has 0 aromatic heterocycles. The summed E-state index contributed by atoms with van der Waals surface area (Å²) in [4.78, 5) is 26.2. The fraction of sp³-hybridized carbons (Fsp3) is 0.556. The van der Waals surface area contributed by atoms with E-state index in [-0.39, 0.29) is 24.2 Å². The minimum Gasteiger partial charge on any atom is -0.497 e. The zero-order valence-electron chi connectivity index (χ0n) is 14.5. The van der Waals surface area contributed by atoms with Crippen LogP contribution in [0.2, 0.25) is 0 Å². The molecule has 6 nitrogen and oxygen atoms in total. The summed E-state index contributed by atoms with van der Waals surface area (Å²) in [6, 6.07) is 5.41. The molecule has 0 bridgehead atoms. The summed E-state index contributed by atoms with van der Waals surface area (Å²) in [6.07, 6.45) is 1.83. The first kappa shape index (κ1) is 18.1. The van der Waals surface area contributed by atoms with Crippen molar-refractivity contribution in [3.05, 3.63) is 23.8 Å². The first-order chi connectivity index (χ1) is 11.6. The molecule has 0 saturated carbocycles. The lowest BCUT2D eigenvalue weighted by Gasteiger charge is -2.31. The molecule has 6 heteroatoms. The molecule has 2 rings (SSSR count). The first-order valence-electron chi connectivity index (χ1n) is 8.24. The molecule has 0 spiro atoms. The van der Waals surface area contributed by atoms with E-state index >= 15 is 0 Å². The Bertz CT molecular complexity index is 587. The molecule has 1 amide bonds. The average molecular weight is 335 g/mol. The van der Waals surface area contributed by atoms with Gasteiger partial charge in [-0.05, 0) is 25.8 Å². The highest BCUT2D eigenvalue weighted by Crippen LogP contribution is 2.26. The Hall–Kier alpha value is -2.24. The zero-order valence-corrected chi connectivity index (χ0v) is 14.5. The number of ether oxygens (including phenoxy) is 3. The van der Waals surface area contributed by atoms with E-state index in [1.165, 1.54) is 0 Å². The molecule has 1 aromatic carbocycles. The number of hydrogen-bond donors (Lipinski definition) is 0. The fourth-order valence-corrected chi connectivity index (χ4v) is 2.93. The Morgan fingerprint density at radius 1 is 1.25 bits per heavy atom. The van der Waals surface area contributed by atoms with Crippen LogP contribution < -0.4 is 9.47 Å². The molecule has 132 valence electrons. The predicted octanol–water partition coefficient (Wildman–Crippen LogP) is 2.05. The van der Waals surface area contributed by atoms with Gasteiger partial charge in [-0.25, -0.2) is 0 Å². The molecule has 1 unspecified atom stereocenters. The predicted molar refractivity (Wildman–Crippen MR) is 89.2 cm³/mol. The number of carbonyl (C=O) groups excluding carboxylic acids is 2. The van der Waals surface area contributed by atoms with E-state index in [0.717, 1.165) is 18.4 Å². The van der Waals surface area contributed by atoms with E-state index in [2.05, 4.69) is 0 Å². The highest BCUT2D eigenvalue weighted by Gasteiger charge is 2.29. The van der Waals surface area contributed by atoms with Gasteiger partial charge in [-0.15, -0.1) is 0 Å². The third-order valence-electron chi connectivity index (χ3n) is 4.23. The number of benzene rings is 1. The standard InChI is InChI=1S/C18H25NO5/c1-4-24-18(21)14-6-5-9-19(12-14)17(20)10-13-7-8-15(22-2)11-16(13)23-3/h7-8,11,14H,4-6,9-10,12H2,1-3H3. The van der Waals surface area contributed by atoms with Crippen molar-refractivity contribution in [2.75, 3.05) is 33.9 Å². The number of methoxy groups -OCH3 is 2. The van der Waals surface area contributed by atoms with Crippen molar-refractivity contribution in [2.24, 2.45) is 5.92 Å². The lowest BCUT2D eigenvalue weighted by Crippen LogP contribution is -2.43. The summed E-state index contributed by atoms with van der Waals surface area (Å²) in [5.41, 5.74) is 0.807. The maximum Gasteiger partial charge on any atom is 0.310 e. The van der Waals surface area contributed by atoms with E-state index < -0.39 is 0 Å². The second-order valence-corrected chi connectivity index (χ2v) is 5.79. The van der Waals surface area contributed by atoms with Gasteiger partial charge in [0.2, 0.25) is 5.91 Å². The van der Waals surface area contributed by atoms with E-state index in [0.29, 0.717) is 31.2 Å². The fourth-order valence-electron chi connectivity index (χ4n) is 2.93. The van der Waals surface area contributed by atoms with Crippen LogP contribution >= 0.6 is 0 Å². The van der Waals surface area contributed by atoms with Gasteiger partial charge in [-0.2, -0.15) is 0 Å². The molecule has 1 aromatic rings. The second kappa shape index (κ2) is 8.57. The Balaban J connectivity index is 2.02. The van der Waals surface area contributed by atoms with Crippen LogP contribution in [0.4, 0.5) is 0 Å². The molecule has 24 heavy (non-hydrogen) atoms. The van der Waals surface area contributed by atoms with Crippen LogP contribution in [0.15, 0.2) is 18.2 Å². The third-order valence-corrected chi connectivity index (χ3v) is 4.23. The van der Waals surface area contributed by atoms with Gasteiger partial charge >= 0.3 is 5.97 Å². The summed E-state index contributed by atoms with van der Waals surface area (Å²) in [7, 11) is 3.16. The van der Waals surface area contributed by atoms with Crippen LogP contribution in [-0.2, 0) is 20.7 Å². The van der Waals surface area contributed by atoms with Crippen molar-refractivity contribution in [3.8, 4) is 11.5 Å². The summed E-state index contributed by atoms with van der Waals surface area (Å²) in [6.45, 7) is 3.26. The number of likely N-dealkylation sites (tertiary alicyclic amines) is 1. The molecule has 1 fully saturated rings. The molecule has 1 atom stereocenters. The number of nitrogens with zero attached hydrogens (tertiary/aromatic N) is 1. The Morgan fingerprint density at radius 3 is 2.71 bits per heavy atom. The quantitative estimate of drug-likeness (QED) is 0.745. The highest BCUT2D eigenvalue weighted by molar-refractivity contribution is 5.81. The molecule has 1 heterocycles. The van der Waals surface area contributed by atoms with Gasteiger partial charge in [0.05, 0.1) is 33.2 Å². The van der Waals surface area contributed by atoms with Crippen LogP contribution in [0.5, 0.6) is 11.5 Å². The molecule has 0 aliphatic carbocycles. The highest BCUT2D eigenvalue weighted by atomic mass is 16.5.